The van der Waals surface area contributed by atoms with E-state index >= 15 is 0 Å². The van der Waals surface area contributed by atoms with Crippen molar-refractivity contribution in [2.75, 3.05) is 24.6 Å². The molecule has 6 rings (SSSR count). The number of nitrogens with zero attached hydrogens (tertiary/aromatic N) is 3. The van der Waals surface area contributed by atoms with Gasteiger partial charge in [0.15, 0.2) is 0 Å². The first kappa shape index (κ1) is 17.6. The lowest BCUT2D eigenvalue weighted by atomic mass is 9.79. The number of anilines is 1. The van der Waals surface area contributed by atoms with E-state index in [1.54, 1.807) is 6.33 Å². The van der Waals surface area contributed by atoms with Crippen LogP contribution in [0.25, 0.3) is 0 Å². The smallest absolute Gasteiger partial charge is 0.132 e. The summed E-state index contributed by atoms with van der Waals surface area (Å²) in [6, 6.07) is 2.92. The Morgan fingerprint density at radius 3 is 2.89 bits per heavy atom. The minimum Gasteiger partial charge on any atom is -0.372 e. The molecule has 152 valence electrons. The molecule has 1 aromatic rings. The lowest BCUT2D eigenvalue weighted by molar-refractivity contribution is -0.0500. The van der Waals surface area contributed by atoms with Crippen LogP contribution in [0.15, 0.2) is 12.4 Å². The van der Waals surface area contributed by atoms with Crippen molar-refractivity contribution in [2.45, 2.75) is 81.3 Å². The van der Waals surface area contributed by atoms with Gasteiger partial charge in [-0.2, -0.15) is 0 Å². The largest absolute Gasteiger partial charge is 0.372 e. The summed E-state index contributed by atoms with van der Waals surface area (Å²) in [6.45, 7) is 4.92. The third-order valence-corrected chi connectivity index (χ3v) is 7.48. The van der Waals surface area contributed by atoms with Crippen LogP contribution < -0.4 is 15.8 Å². The van der Waals surface area contributed by atoms with Gasteiger partial charge in [-0.15, -0.1) is 0 Å². The van der Waals surface area contributed by atoms with Gasteiger partial charge in [0.25, 0.3) is 0 Å². The van der Waals surface area contributed by atoms with Crippen LogP contribution in [0.3, 0.4) is 0 Å². The van der Waals surface area contributed by atoms with Gasteiger partial charge >= 0.3 is 0 Å². The van der Waals surface area contributed by atoms with Gasteiger partial charge in [-0.05, 0) is 51.9 Å². The molecule has 5 fully saturated rings. The summed E-state index contributed by atoms with van der Waals surface area (Å²) < 4.78 is 12.4. The Kier molecular flexibility index (Phi) is 3.99. The summed E-state index contributed by atoms with van der Waals surface area (Å²) in [5, 5.41) is 0. The van der Waals surface area contributed by atoms with Crippen LogP contribution in [0.2, 0.25) is 0 Å². The molecule has 0 bridgehead atoms. The van der Waals surface area contributed by atoms with Gasteiger partial charge in [0, 0.05) is 31.1 Å². The third-order valence-electron chi connectivity index (χ3n) is 7.48. The van der Waals surface area contributed by atoms with Crippen molar-refractivity contribution in [2.24, 2.45) is 5.92 Å². The van der Waals surface area contributed by atoms with Gasteiger partial charge in [-0.1, -0.05) is 0 Å². The van der Waals surface area contributed by atoms with Crippen LogP contribution in [-0.2, 0) is 9.47 Å². The van der Waals surface area contributed by atoms with Crippen LogP contribution in [0, 0.1) is 5.92 Å². The number of ether oxygens (including phenoxy) is 2. The molecule has 7 heteroatoms. The van der Waals surface area contributed by atoms with Gasteiger partial charge in [0.05, 0.1) is 35.6 Å². The molecule has 0 radical (unpaired) electrons. The van der Waals surface area contributed by atoms with Crippen LogP contribution in [-0.4, -0.2) is 53.0 Å². The molecule has 1 aromatic heterocycles. The second-order valence-corrected chi connectivity index (χ2v) is 9.79. The van der Waals surface area contributed by atoms with E-state index in [0.29, 0.717) is 18.1 Å². The maximum atomic E-state index is 6.42. The predicted molar refractivity (Wildman–Crippen MR) is 105 cm³/mol. The fourth-order valence-electron chi connectivity index (χ4n) is 5.30. The molecule has 1 spiro atoms. The highest BCUT2D eigenvalue weighted by molar-refractivity contribution is 5.42. The Bertz CT molecular complexity index is 750. The number of nitrogens with one attached hydrogen (secondary N) is 2. The standard InChI is InChI=1S/C21H31N5O2/c1-20(4-5-20)28-14-2-3-16-15(10-14)19(25-24-16)17-11-18(23-13-22-17)26-8-9-27-21(12-26)6-7-21/h11,13-16,19,24-25H,2-10,12H2,1H3. The molecule has 2 N–H and O–H groups in total. The first-order valence-corrected chi connectivity index (χ1v) is 11.0. The Hall–Kier alpha value is -1.28. The lowest BCUT2D eigenvalue weighted by Gasteiger charge is -2.35. The average molecular weight is 386 g/mol. The van der Waals surface area contributed by atoms with Crippen LogP contribution in [0.5, 0.6) is 0 Å². The molecule has 4 unspecified atom stereocenters. The van der Waals surface area contributed by atoms with Crippen molar-refractivity contribution in [3.8, 4) is 0 Å². The second-order valence-electron chi connectivity index (χ2n) is 9.79. The summed E-state index contributed by atoms with van der Waals surface area (Å²) in [5.74, 6) is 1.56. The fraction of sp³-hybridized carbons (Fsp3) is 0.810. The molecule has 0 amide bonds. The van der Waals surface area contributed by atoms with E-state index in [4.69, 9.17) is 9.47 Å². The van der Waals surface area contributed by atoms with E-state index in [9.17, 15) is 0 Å². The van der Waals surface area contributed by atoms with E-state index < -0.39 is 0 Å². The van der Waals surface area contributed by atoms with Gasteiger partial charge in [-0.25, -0.2) is 15.4 Å². The van der Waals surface area contributed by atoms with Crippen LogP contribution >= 0.6 is 0 Å². The van der Waals surface area contributed by atoms with Crippen molar-refractivity contribution in [3.05, 3.63) is 18.1 Å². The van der Waals surface area contributed by atoms with Crippen molar-refractivity contribution < 1.29 is 9.47 Å². The number of hydrazine groups is 1. The van der Waals surface area contributed by atoms with Crippen molar-refractivity contribution >= 4 is 5.82 Å². The zero-order chi connectivity index (χ0) is 18.8. The Morgan fingerprint density at radius 1 is 1.18 bits per heavy atom. The first-order valence-electron chi connectivity index (χ1n) is 11.0. The predicted octanol–water partition coefficient (Wildman–Crippen LogP) is 2.10. The average Bonchev–Trinajstić information content (AvgIpc) is 3.59. The SMILES string of the molecule is CC1(OC2CCC3NNC(c4cc(N5CCOC6(CC6)C5)ncn4)C3C2)CC1. The van der Waals surface area contributed by atoms with E-state index in [1.165, 1.54) is 32.1 Å². The highest BCUT2D eigenvalue weighted by Gasteiger charge is 2.48. The van der Waals surface area contributed by atoms with E-state index in [1.807, 2.05) is 0 Å². The molecule has 5 aliphatic rings. The normalized spacial score (nSPS) is 37.7. The molecule has 2 aliphatic heterocycles. The first-order chi connectivity index (χ1) is 13.6. The van der Waals surface area contributed by atoms with Gasteiger partial charge in [0.2, 0.25) is 0 Å². The lowest BCUT2D eigenvalue weighted by Crippen LogP contribution is -2.44. The molecular weight excluding hydrogens is 354 g/mol. The van der Waals surface area contributed by atoms with Crippen molar-refractivity contribution in [1.82, 2.24) is 20.8 Å². The molecule has 3 aliphatic carbocycles. The van der Waals surface area contributed by atoms with E-state index in [2.05, 4.69) is 38.7 Å². The highest BCUT2D eigenvalue weighted by Crippen LogP contribution is 2.45. The maximum absolute atomic E-state index is 6.42. The Labute approximate surface area is 166 Å². The molecule has 3 saturated carbocycles. The topological polar surface area (TPSA) is 71.5 Å². The number of morpholine rings is 1. The molecule has 3 heterocycles. The monoisotopic (exact) mass is 385 g/mol. The van der Waals surface area contributed by atoms with Crippen molar-refractivity contribution in [1.29, 1.82) is 0 Å². The number of hydrogen-bond acceptors (Lipinski definition) is 7. The minimum absolute atomic E-state index is 0.106. The highest BCUT2D eigenvalue weighted by atomic mass is 16.5. The summed E-state index contributed by atoms with van der Waals surface area (Å²) >= 11 is 0. The molecule has 7 nitrogen and oxygen atoms in total. The molecule has 4 atom stereocenters. The minimum atomic E-state index is 0.106. The number of fused-ring (bicyclic) bond motifs is 1. The summed E-state index contributed by atoms with van der Waals surface area (Å²) in [6.07, 6.45) is 10.3. The van der Waals surface area contributed by atoms with Gasteiger partial charge in [-0.3, -0.25) is 5.43 Å². The summed E-state index contributed by atoms with van der Waals surface area (Å²) in [5.41, 5.74) is 8.42. The van der Waals surface area contributed by atoms with E-state index in [0.717, 1.165) is 44.0 Å². The number of rotatable bonds is 4. The number of hydrogen-bond donors (Lipinski definition) is 2. The molecule has 0 aromatic carbocycles. The Morgan fingerprint density at radius 2 is 2.07 bits per heavy atom. The summed E-state index contributed by atoms with van der Waals surface area (Å²) in [4.78, 5) is 11.6. The number of aromatic nitrogens is 2. The maximum Gasteiger partial charge on any atom is 0.132 e. The zero-order valence-corrected chi connectivity index (χ0v) is 16.7. The second kappa shape index (κ2) is 6.36. The van der Waals surface area contributed by atoms with Crippen LogP contribution in [0.4, 0.5) is 5.82 Å². The molecule has 2 saturated heterocycles. The van der Waals surface area contributed by atoms with Gasteiger partial charge in [0.1, 0.15) is 12.1 Å². The summed E-state index contributed by atoms with van der Waals surface area (Å²) in [7, 11) is 0. The quantitative estimate of drug-likeness (QED) is 0.822. The van der Waals surface area contributed by atoms with Crippen LogP contribution in [0.1, 0.15) is 63.6 Å². The molecule has 28 heavy (non-hydrogen) atoms. The zero-order valence-electron chi connectivity index (χ0n) is 16.7. The van der Waals surface area contributed by atoms with Gasteiger partial charge < -0.3 is 14.4 Å². The van der Waals surface area contributed by atoms with Crippen molar-refractivity contribution in [3.63, 3.8) is 0 Å². The fourth-order valence-corrected chi connectivity index (χ4v) is 5.30. The Balaban J connectivity index is 1.19. The third kappa shape index (κ3) is 3.22. The molecular formula is C21H31N5O2. The van der Waals surface area contributed by atoms with E-state index in [-0.39, 0.29) is 17.2 Å².